The Labute approximate surface area is 70.4 Å². The minimum atomic E-state index is -0.0962. The topological polar surface area (TPSA) is 83.8 Å². The zero-order valence-electron chi connectivity index (χ0n) is 6.92. The van der Waals surface area contributed by atoms with Crippen LogP contribution in [0.15, 0.2) is 6.20 Å². The van der Waals surface area contributed by atoms with E-state index in [0.717, 1.165) is 5.82 Å². The number of aromatic amines is 1. The van der Waals surface area contributed by atoms with Gasteiger partial charge in [-0.05, 0) is 6.92 Å². The molecule has 1 aromatic rings. The molecule has 4 N–H and O–H groups in total. The fourth-order valence-corrected chi connectivity index (χ4v) is 0.828. The summed E-state index contributed by atoms with van der Waals surface area (Å²) in [6.45, 7) is 2.18. The van der Waals surface area contributed by atoms with Crippen molar-refractivity contribution in [2.75, 3.05) is 11.9 Å². The second kappa shape index (κ2) is 3.87. The van der Waals surface area contributed by atoms with Gasteiger partial charge >= 0.3 is 0 Å². The number of nitrogens with two attached hydrogens (primary N) is 1. The first-order chi connectivity index (χ1) is 5.72. The molecule has 0 saturated heterocycles. The number of aromatic nitrogens is 2. The van der Waals surface area contributed by atoms with Crippen LogP contribution in [0.2, 0.25) is 0 Å². The van der Waals surface area contributed by atoms with E-state index in [1.54, 1.807) is 6.20 Å². The molecule has 0 aromatic carbocycles. The van der Waals surface area contributed by atoms with Gasteiger partial charge in [0.15, 0.2) is 0 Å². The third kappa shape index (κ3) is 2.35. The number of rotatable bonds is 3. The maximum absolute atomic E-state index is 11.0. The predicted molar refractivity (Wildman–Crippen MR) is 45.6 cm³/mol. The van der Waals surface area contributed by atoms with Gasteiger partial charge in [-0.15, -0.1) is 0 Å². The maximum Gasteiger partial charge on any atom is 0.226 e. The first-order valence-corrected chi connectivity index (χ1v) is 3.74. The minimum Gasteiger partial charge on any atom is -0.330 e. The standard InChI is InChI=1S/C7H12N4O/c1-5-9-4-6(10-5)11-7(12)2-3-8/h4H,2-3,8H2,1H3,(H,9,10)(H,11,12). The highest BCUT2D eigenvalue weighted by Gasteiger charge is 2.01. The Morgan fingerprint density at radius 1 is 1.83 bits per heavy atom. The van der Waals surface area contributed by atoms with Gasteiger partial charge in [0.1, 0.15) is 11.6 Å². The van der Waals surface area contributed by atoms with Crippen LogP contribution in [0.3, 0.4) is 0 Å². The lowest BCUT2D eigenvalue weighted by atomic mass is 10.4. The van der Waals surface area contributed by atoms with Crippen molar-refractivity contribution in [1.82, 2.24) is 9.97 Å². The number of hydrogen-bond acceptors (Lipinski definition) is 3. The molecule has 0 spiro atoms. The van der Waals surface area contributed by atoms with E-state index in [-0.39, 0.29) is 5.91 Å². The Kier molecular flexibility index (Phi) is 2.82. The van der Waals surface area contributed by atoms with Crippen molar-refractivity contribution in [3.8, 4) is 0 Å². The minimum absolute atomic E-state index is 0.0962. The smallest absolute Gasteiger partial charge is 0.226 e. The van der Waals surface area contributed by atoms with Crippen molar-refractivity contribution >= 4 is 11.7 Å². The molecular weight excluding hydrogens is 156 g/mol. The van der Waals surface area contributed by atoms with E-state index in [0.29, 0.717) is 18.8 Å². The van der Waals surface area contributed by atoms with E-state index < -0.39 is 0 Å². The first-order valence-electron chi connectivity index (χ1n) is 3.74. The summed E-state index contributed by atoms with van der Waals surface area (Å²) in [4.78, 5) is 17.8. The van der Waals surface area contributed by atoms with E-state index >= 15 is 0 Å². The highest BCUT2D eigenvalue weighted by molar-refractivity contribution is 5.89. The number of imidazole rings is 1. The monoisotopic (exact) mass is 168 g/mol. The van der Waals surface area contributed by atoms with Crippen LogP contribution < -0.4 is 11.1 Å². The normalized spacial score (nSPS) is 9.83. The second-order valence-electron chi connectivity index (χ2n) is 2.47. The van der Waals surface area contributed by atoms with Crippen LogP contribution in [0.1, 0.15) is 12.2 Å². The molecule has 0 fully saturated rings. The molecule has 0 aliphatic carbocycles. The SMILES string of the molecule is Cc1ncc(NC(=O)CCN)[nH]1. The van der Waals surface area contributed by atoms with Crippen molar-refractivity contribution in [3.05, 3.63) is 12.0 Å². The summed E-state index contributed by atoms with van der Waals surface area (Å²) < 4.78 is 0. The molecule has 1 rings (SSSR count). The first kappa shape index (κ1) is 8.73. The lowest BCUT2D eigenvalue weighted by molar-refractivity contribution is -0.116. The van der Waals surface area contributed by atoms with Gasteiger partial charge in [-0.3, -0.25) is 4.79 Å². The largest absolute Gasteiger partial charge is 0.330 e. The maximum atomic E-state index is 11.0. The van der Waals surface area contributed by atoms with Gasteiger partial charge in [0.2, 0.25) is 5.91 Å². The summed E-state index contributed by atoms with van der Waals surface area (Å²) in [7, 11) is 0. The lowest BCUT2D eigenvalue weighted by Crippen LogP contribution is -2.16. The molecule has 0 saturated carbocycles. The van der Waals surface area contributed by atoms with Gasteiger partial charge in [0, 0.05) is 13.0 Å². The molecule has 0 bridgehead atoms. The zero-order valence-corrected chi connectivity index (χ0v) is 6.92. The lowest BCUT2D eigenvalue weighted by Gasteiger charge is -1.98. The number of hydrogen-bond donors (Lipinski definition) is 3. The van der Waals surface area contributed by atoms with E-state index in [1.807, 2.05) is 6.92 Å². The quantitative estimate of drug-likeness (QED) is 0.594. The van der Waals surface area contributed by atoms with Crippen LogP contribution in [0.25, 0.3) is 0 Å². The van der Waals surface area contributed by atoms with Crippen LogP contribution in [-0.2, 0) is 4.79 Å². The van der Waals surface area contributed by atoms with Gasteiger partial charge in [-0.2, -0.15) is 0 Å². The van der Waals surface area contributed by atoms with Crippen LogP contribution in [0.5, 0.6) is 0 Å². The molecule has 0 radical (unpaired) electrons. The molecule has 0 aliphatic heterocycles. The third-order valence-corrected chi connectivity index (χ3v) is 1.35. The van der Waals surface area contributed by atoms with Gasteiger partial charge in [0.25, 0.3) is 0 Å². The number of carbonyl (C=O) groups is 1. The molecule has 0 atom stereocenters. The summed E-state index contributed by atoms with van der Waals surface area (Å²) in [5, 5.41) is 2.63. The summed E-state index contributed by atoms with van der Waals surface area (Å²) in [5.74, 6) is 1.30. The fourth-order valence-electron chi connectivity index (χ4n) is 0.828. The van der Waals surface area contributed by atoms with Crippen molar-refractivity contribution in [2.24, 2.45) is 5.73 Å². The molecule has 12 heavy (non-hydrogen) atoms. The molecule has 1 amide bonds. The second-order valence-corrected chi connectivity index (χ2v) is 2.47. The zero-order chi connectivity index (χ0) is 8.97. The predicted octanol–water partition coefficient (Wildman–Crippen LogP) is 0.00542. The van der Waals surface area contributed by atoms with E-state index in [9.17, 15) is 4.79 Å². The molecule has 1 aromatic heterocycles. The average Bonchev–Trinajstić information content (AvgIpc) is 2.36. The number of nitrogens with one attached hydrogen (secondary N) is 2. The van der Waals surface area contributed by atoms with Gasteiger partial charge < -0.3 is 16.0 Å². The van der Waals surface area contributed by atoms with Gasteiger partial charge in [-0.25, -0.2) is 4.98 Å². The molecule has 0 aliphatic rings. The summed E-state index contributed by atoms with van der Waals surface area (Å²) in [6.07, 6.45) is 1.90. The highest BCUT2D eigenvalue weighted by Crippen LogP contribution is 2.01. The number of amides is 1. The number of anilines is 1. The van der Waals surface area contributed by atoms with E-state index in [4.69, 9.17) is 5.73 Å². The number of carbonyl (C=O) groups excluding carboxylic acids is 1. The summed E-state index contributed by atoms with van der Waals surface area (Å²) >= 11 is 0. The van der Waals surface area contributed by atoms with E-state index in [2.05, 4.69) is 15.3 Å². The molecule has 0 unspecified atom stereocenters. The van der Waals surface area contributed by atoms with Crippen molar-refractivity contribution < 1.29 is 4.79 Å². The molecule has 66 valence electrons. The Balaban J connectivity index is 2.46. The third-order valence-electron chi connectivity index (χ3n) is 1.35. The summed E-state index contributed by atoms with van der Waals surface area (Å²) in [6, 6.07) is 0. The summed E-state index contributed by atoms with van der Waals surface area (Å²) in [5.41, 5.74) is 5.20. The van der Waals surface area contributed by atoms with Gasteiger partial charge in [0.05, 0.1) is 6.20 Å². The molecule has 5 nitrogen and oxygen atoms in total. The van der Waals surface area contributed by atoms with Crippen molar-refractivity contribution in [1.29, 1.82) is 0 Å². The Morgan fingerprint density at radius 3 is 3.08 bits per heavy atom. The van der Waals surface area contributed by atoms with Gasteiger partial charge in [-0.1, -0.05) is 0 Å². The highest BCUT2D eigenvalue weighted by atomic mass is 16.1. The molecular formula is C7H12N4O. The van der Waals surface area contributed by atoms with Crippen LogP contribution >= 0.6 is 0 Å². The Bertz CT molecular complexity index is 268. The van der Waals surface area contributed by atoms with Crippen LogP contribution in [0.4, 0.5) is 5.82 Å². The van der Waals surface area contributed by atoms with E-state index in [1.165, 1.54) is 0 Å². The molecule has 5 heteroatoms. The molecule has 1 heterocycles. The van der Waals surface area contributed by atoms with Crippen LogP contribution in [-0.4, -0.2) is 22.4 Å². The number of H-pyrrole nitrogens is 1. The number of aryl methyl sites for hydroxylation is 1. The fraction of sp³-hybridized carbons (Fsp3) is 0.429. The average molecular weight is 168 g/mol. The van der Waals surface area contributed by atoms with Crippen molar-refractivity contribution in [3.63, 3.8) is 0 Å². The van der Waals surface area contributed by atoms with Crippen molar-refractivity contribution in [2.45, 2.75) is 13.3 Å². The Morgan fingerprint density at radius 2 is 2.58 bits per heavy atom. The number of nitrogens with zero attached hydrogens (tertiary/aromatic N) is 1. The Hall–Kier alpha value is -1.36. The van der Waals surface area contributed by atoms with Crippen LogP contribution in [0, 0.1) is 6.92 Å².